The second-order valence-electron chi connectivity index (χ2n) is 5.57. The largest absolute Gasteiger partial charge is 0.350 e. The Bertz CT molecular complexity index is 1010. The molecule has 0 unspecified atom stereocenters. The minimum absolute atomic E-state index is 0.114. The minimum atomic E-state index is -0.114. The number of benzene rings is 1. The molecule has 0 fully saturated rings. The molecule has 0 saturated heterocycles. The Labute approximate surface area is 148 Å². The molecule has 1 N–H and O–H groups in total. The third-order valence-corrected chi connectivity index (χ3v) is 4.72. The van der Waals surface area contributed by atoms with Crippen LogP contribution in [0.1, 0.15) is 5.56 Å². The number of hydrogen-bond acceptors (Lipinski definition) is 5. The first-order valence-corrected chi connectivity index (χ1v) is 8.70. The lowest BCUT2D eigenvalue weighted by molar-refractivity contribution is -0.121. The molecule has 4 aromatic rings. The molecule has 0 aliphatic carbocycles. The molecule has 1 amide bonds. The van der Waals surface area contributed by atoms with Crippen LogP contribution in [-0.2, 0) is 17.9 Å². The van der Waals surface area contributed by atoms with E-state index < -0.39 is 0 Å². The van der Waals surface area contributed by atoms with Crippen molar-refractivity contribution in [3.8, 4) is 10.4 Å². The van der Waals surface area contributed by atoms with E-state index in [0.717, 1.165) is 27.0 Å². The van der Waals surface area contributed by atoms with Gasteiger partial charge in [0.1, 0.15) is 12.1 Å². The van der Waals surface area contributed by atoms with Gasteiger partial charge in [-0.15, -0.1) is 16.4 Å². The number of fused-ring (bicyclic) bond motifs is 1. The lowest BCUT2D eigenvalue weighted by atomic mass is 10.2. The molecule has 3 aromatic heterocycles. The van der Waals surface area contributed by atoms with Gasteiger partial charge in [0.2, 0.25) is 5.91 Å². The van der Waals surface area contributed by atoms with Crippen molar-refractivity contribution >= 4 is 28.3 Å². The topological polar surface area (TPSA) is 72.7 Å². The van der Waals surface area contributed by atoms with Crippen LogP contribution < -0.4 is 5.32 Å². The molecule has 124 valence electrons. The number of thiophene rings is 1. The zero-order chi connectivity index (χ0) is 17.1. The molecule has 3 heterocycles. The maximum Gasteiger partial charge on any atom is 0.242 e. The molecule has 0 radical (unpaired) electrons. The Kier molecular flexibility index (Phi) is 4.22. The number of rotatable bonds is 5. The number of amides is 1. The lowest BCUT2D eigenvalue weighted by Crippen LogP contribution is -2.27. The zero-order valence-electron chi connectivity index (χ0n) is 13.3. The highest BCUT2D eigenvalue weighted by Gasteiger charge is 2.09. The van der Waals surface area contributed by atoms with Crippen molar-refractivity contribution in [1.82, 2.24) is 25.3 Å². The fourth-order valence-electron chi connectivity index (χ4n) is 2.59. The van der Waals surface area contributed by atoms with E-state index in [1.165, 1.54) is 0 Å². The van der Waals surface area contributed by atoms with Gasteiger partial charge in [0.15, 0.2) is 0 Å². The summed E-state index contributed by atoms with van der Waals surface area (Å²) in [5, 5.41) is 13.0. The van der Waals surface area contributed by atoms with Gasteiger partial charge in [-0.05, 0) is 35.2 Å². The monoisotopic (exact) mass is 349 g/mol. The third-order valence-electron chi connectivity index (χ3n) is 3.80. The Morgan fingerprint density at radius 3 is 2.96 bits per heavy atom. The first kappa shape index (κ1) is 15.5. The number of nitrogens with zero attached hydrogens (tertiary/aromatic N) is 4. The van der Waals surface area contributed by atoms with Gasteiger partial charge >= 0.3 is 0 Å². The minimum Gasteiger partial charge on any atom is -0.350 e. The van der Waals surface area contributed by atoms with E-state index >= 15 is 0 Å². The van der Waals surface area contributed by atoms with E-state index in [9.17, 15) is 4.79 Å². The molecule has 1 aromatic carbocycles. The quantitative estimate of drug-likeness (QED) is 0.601. The number of nitrogens with one attached hydrogen (secondary N) is 1. The standard InChI is InChI=1S/C18H15N5OS/c24-18(12-23-16-5-2-1-4-15(16)21-22-23)20-10-13-8-14(11-19-9-13)17-6-3-7-25-17/h1-9,11H,10,12H2,(H,20,24). The lowest BCUT2D eigenvalue weighted by Gasteiger charge is -2.07. The Hall–Kier alpha value is -3.06. The highest BCUT2D eigenvalue weighted by Crippen LogP contribution is 2.24. The number of carbonyl (C=O) groups excluding carboxylic acids is 1. The summed E-state index contributed by atoms with van der Waals surface area (Å²) in [5.74, 6) is -0.114. The van der Waals surface area contributed by atoms with Crippen molar-refractivity contribution in [2.24, 2.45) is 0 Å². The summed E-state index contributed by atoms with van der Waals surface area (Å²) in [5.41, 5.74) is 3.65. The molecule has 0 aliphatic heterocycles. The van der Waals surface area contributed by atoms with Crippen LogP contribution in [0.15, 0.2) is 60.2 Å². The van der Waals surface area contributed by atoms with E-state index in [2.05, 4.69) is 26.7 Å². The molecular weight excluding hydrogens is 334 g/mol. The fraction of sp³-hybridized carbons (Fsp3) is 0.111. The Balaban J connectivity index is 1.41. The summed E-state index contributed by atoms with van der Waals surface area (Å²) >= 11 is 1.67. The predicted octanol–water partition coefficient (Wildman–Crippen LogP) is 2.87. The molecule has 0 aliphatic rings. The molecule has 0 atom stereocenters. The Morgan fingerprint density at radius 2 is 2.08 bits per heavy atom. The zero-order valence-corrected chi connectivity index (χ0v) is 14.1. The van der Waals surface area contributed by atoms with E-state index in [1.54, 1.807) is 22.2 Å². The first-order valence-electron chi connectivity index (χ1n) is 7.82. The molecule has 6 nitrogen and oxygen atoms in total. The molecule has 4 rings (SSSR count). The van der Waals surface area contributed by atoms with Gasteiger partial charge in [-0.25, -0.2) is 4.68 Å². The molecule has 25 heavy (non-hydrogen) atoms. The van der Waals surface area contributed by atoms with Crippen LogP contribution in [0.25, 0.3) is 21.5 Å². The van der Waals surface area contributed by atoms with Gasteiger partial charge in [-0.2, -0.15) is 0 Å². The Morgan fingerprint density at radius 1 is 1.16 bits per heavy atom. The van der Waals surface area contributed by atoms with Crippen molar-refractivity contribution in [3.63, 3.8) is 0 Å². The highest BCUT2D eigenvalue weighted by molar-refractivity contribution is 7.13. The summed E-state index contributed by atoms with van der Waals surface area (Å²) < 4.78 is 1.60. The summed E-state index contributed by atoms with van der Waals surface area (Å²) in [4.78, 5) is 17.6. The fourth-order valence-corrected chi connectivity index (χ4v) is 3.30. The van der Waals surface area contributed by atoms with Gasteiger partial charge in [0.25, 0.3) is 0 Å². The van der Waals surface area contributed by atoms with Gasteiger partial charge in [-0.3, -0.25) is 9.78 Å². The van der Waals surface area contributed by atoms with Gasteiger partial charge in [-0.1, -0.05) is 23.4 Å². The SMILES string of the molecule is O=C(Cn1nnc2ccccc21)NCc1cncc(-c2cccs2)c1. The van der Waals surface area contributed by atoms with Crippen LogP contribution in [0, 0.1) is 0 Å². The molecule has 0 saturated carbocycles. The smallest absolute Gasteiger partial charge is 0.242 e. The first-order chi connectivity index (χ1) is 12.3. The average molecular weight is 349 g/mol. The molecular formula is C18H15N5OS. The van der Waals surface area contributed by atoms with Crippen molar-refractivity contribution in [2.75, 3.05) is 0 Å². The van der Waals surface area contributed by atoms with Crippen LogP contribution in [0.3, 0.4) is 0 Å². The maximum absolute atomic E-state index is 12.2. The van der Waals surface area contributed by atoms with Crippen LogP contribution in [0.5, 0.6) is 0 Å². The van der Waals surface area contributed by atoms with Gasteiger partial charge in [0.05, 0.1) is 5.52 Å². The predicted molar refractivity (Wildman–Crippen MR) is 96.9 cm³/mol. The van der Waals surface area contributed by atoms with Crippen LogP contribution >= 0.6 is 11.3 Å². The normalized spacial score (nSPS) is 10.9. The number of carbonyl (C=O) groups is 1. The van der Waals surface area contributed by atoms with E-state index in [4.69, 9.17) is 0 Å². The van der Waals surface area contributed by atoms with E-state index in [1.807, 2.05) is 48.0 Å². The van der Waals surface area contributed by atoms with Crippen LogP contribution in [-0.4, -0.2) is 25.9 Å². The number of aromatic nitrogens is 4. The molecule has 7 heteroatoms. The van der Waals surface area contributed by atoms with E-state index in [0.29, 0.717) is 6.54 Å². The van der Waals surface area contributed by atoms with Crippen LogP contribution in [0.2, 0.25) is 0 Å². The second-order valence-corrected chi connectivity index (χ2v) is 6.52. The van der Waals surface area contributed by atoms with Crippen molar-refractivity contribution < 1.29 is 4.79 Å². The van der Waals surface area contributed by atoms with Gasteiger partial charge < -0.3 is 5.32 Å². The summed E-state index contributed by atoms with van der Waals surface area (Å²) in [7, 11) is 0. The van der Waals surface area contributed by atoms with Crippen molar-refractivity contribution in [1.29, 1.82) is 0 Å². The highest BCUT2D eigenvalue weighted by atomic mass is 32.1. The van der Waals surface area contributed by atoms with Crippen molar-refractivity contribution in [2.45, 2.75) is 13.1 Å². The van der Waals surface area contributed by atoms with Crippen LogP contribution in [0.4, 0.5) is 0 Å². The number of pyridine rings is 1. The molecule has 0 bridgehead atoms. The summed E-state index contributed by atoms with van der Waals surface area (Å²) in [6, 6.07) is 13.7. The summed E-state index contributed by atoms with van der Waals surface area (Å²) in [6.45, 7) is 0.566. The third kappa shape index (κ3) is 3.41. The number of hydrogen-bond donors (Lipinski definition) is 1. The van der Waals surface area contributed by atoms with E-state index in [-0.39, 0.29) is 12.5 Å². The average Bonchev–Trinajstić information content (AvgIpc) is 3.31. The summed E-state index contributed by atoms with van der Waals surface area (Å²) in [6.07, 6.45) is 3.60. The number of para-hydroxylation sites is 1. The maximum atomic E-state index is 12.2. The molecule has 0 spiro atoms. The van der Waals surface area contributed by atoms with Crippen molar-refractivity contribution in [3.05, 3.63) is 65.8 Å². The van der Waals surface area contributed by atoms with Gasteiger partial charge in [0, 0.05) is 29.4 Å². The second kappa shape index (κ2) is 6.82.